The Hall–Kier alpha value is -0.0400. The Morgan fingerprint density at radius 1 is 1.13 bits per heavy atom. The lowest BCUT2D eigenvalue weighted by Gasteiger charge is -2.44. The fourth-order valence-corrected chi connectivity index (χ4v) is 3.68. The highest BCUT2D eigenvalue weighted by Gasteiger charge is 2.38. The van der Waals surface area contributed by atoms with E-state index in [-0.39, 0.29) is 0 Å². The minimum atomic E-state index is 0.495. The summed E-state index contributed by atoms with van der Waals surface area (Å²) < 4.78 is 5.66. The van der Waals surface area contributed by atoms with Crippen molar-refractivity contribution in [3.63, 3.8) is 0 Å². The molecule has 0 aromatic heterocycles. The zero-order valence-corrected chi connectivity index (χ0v) is 10.4. The molecule has 1 heteroatoms. The van der Waals surface area contributed by atoms with Crippen LogP contribution in [0.2, 0.25) is 0 Å². The minimum absolute atomic E-state index is 0.495. The summed E-state index contributed by atoms with van der Waals surface area (Å²) in [5.41, 5.74) is 0.495. The van der Waals surface area contributed by atoms with Crippen LogP contribution in [0.3, 0.4) is 0 Å². The number of hydrogen-bond donors (Lipinski definition) is 0. The third kappa shape index (κ3) is 2.75. The van der Waals surface area contributed by atoms with Crippen molar-refractivity contribution in [1.29, 1.82) is 0 Å². The van der Waals surface area contributed by atoms with Crippen LogP contribution in [0.1, 0.15) is 58.8 Å². The summed E-state index contributed by atoms with van der Waals surface area (Å²) in [5.74, 6) is 2.09. The summed E-state index contributed by atoms with van der Waals surface area (Å²) >= 11 is 0. The van der Waals surface area contributed by atoms with Crippen molar-refractivity contribution in [1.82, 2.24) is 0 Å². The molecule has 0 N–H and O–H groups in total. The van der Waals surface area contributed by atoms with Crippen LogP contribution >= 0.6 is 0 Å². The highest BCUT2D eigenvalue weighted by Crippen LogP contribution is 2.48. The van der Waals surface area contributed by atoms with Gasteiger partial charge in [0, 0.05) is 6.61 Å². The maximum Gasteiger partial charge on any atom is 0.0519 e. The summed E-state index contributed by atoms with van der Waals surface area (Å²) in [4.78, 5) is 0. The summed E-state index contributed by atoms with van der Waals surface area (Å²) in [6, 6.07) is 0. The predicted molar refractivity (Wildman–Crippen MR) is 63.9 cm³/mol. The number of ether oxygens (including phenoxy) is 1. The lowest BCUT2D eigenvalue weighted by Crippen LogP contribution is -2.36. The normalized spacial score (nSPS) is 41.2. The average Bonchev–Trinajstić information content (AvgIpc) is 2.26. The van der Waals surface area contributed by atoms with Gasteiger partial charge < -0.3 is 4.74 Å². The van der Waals surface area contributed by atoms with E-state index in [1.54, 1.807) is 0 Å². The van der Waals surface area contributed by atoms with Crippen molar-refractivity contribution >= 4 is 0 Å². The van der Waals surface area contributed by atoms with E-state index in [9.17, 15) is 0 Å². The van der Waals surface area contributed by atoms with E-state index in [1.807, 2.05) is 0 Å². The maximum atomic E-state index is 5.66. The van der Waals surface area contributed by atoms with Gasteiger partial charge in [-0.2, -0.15) is 0 Å². The second-order valence-corrected chi connectivity index (χ2v) is 6.00. The molecule has 0 aromatic rings. The molecule has 0 heterocycles. The zero-order chi connectivity index (χ0) is 10.7. The SMILES string of the molecule is CCOCC1(C)CCC2CCCCC2C1. The van der Waals surface area contributed by atoms with Gasteiger partial charge in [-0.05, 0) is 43.4 Å². The van der Waals surface area contributed by atoms with Gasteiger partial charge in [0.25, 0.3) is 0 Å². The molecule has 3 unspecified atom stereocenters. The summed E-state index contributed by atoms with van der Waals surface area (Å²) in [6.07, 6.45) is 10.3. The second kappa shape index (κ2) is 4.86. The van der Waals surface area contributed by atoms with Crippen LogP contribution in [0.5, 0.6) is 0 Å². The van der Waals surface area contributed by atoms with E-state index in [4.69, 9.17) is 4.74 Å². The standard InChI is InChI=1S/C14H26O/c1-3-15-11-14(2)9-8-12-6-4-5-7-13(12)10-14/h12-13H,3-11H2,1-2H3. The predicted octanol–water partition coefficient (Wildman–Crippen LogP) is 4.02. The molecule has 2 saturated carbocycles. The number of rotatable bonds is 3. The van der Waals surface area contributed by atoms with E-state index in [0.29, 0.717) is 5.41 Å². The first-order valence-electron chi connectivity index (χ1n) is 6.81. The third-order valence-corrected chi connectivity index (χ3v) is 4.59. The fourth-order valence-electron chi connectivity index (χ4n) is 3.68. The van der Waals surface area contributed by atoms with Crippen molar-refractivity contribution in [2.75, 3.05) is 13.2 Å². The van der Waals surface area contributed by atoms with Gasteiger partial charge in [-0.15, -0.1) is 0 Å². The highest BCUT2D eigenvalue weighted by molar-refractivity contribution is 4.89. The van der Waals surface area contributed by atoms with Crippen LogP contribution in [0, 0.1) is 17.3 Å². The van der Waals surface area contributed by atoms with Crippen molar-refractivity contribution in [3.05, 3.63) is 0 Å². The van der Waals surface area contributed by atoms with Crippen molar-refractivity contribution < 1.29 is 4.74 Å². The fraction of sp³-hybridized carbons (Fsp3) is 1.00. The zero-order valence-electron chi connectivity index (χ0n) is 10.4. The van der Waals surface area contributed by atoms with Gasteiger partial charge in [-0.1, -0.05) is 32.6 Å². The van der Waals surface area contributed by atoms with Gasteiger partial charge in [0.1, 0.15) is 0 Å². The average molecular weight is 210 g/mol. The first kappa shape index (κ1) is 11.4. The van der Waals surface area contributed by atoms with E-state index in [0.717, 1.165) is 25.0 Å². The van der Waals surface area contributed by atoms with Crippen LogP contribution in [0.15, 0.2) is 0 Å². The molecule has 3 atom stereocenters. The molecule has 2 aliphatic carbocycles. The molecule has 2 aliphatic rings. The second-order valence-electron chi connectivity index (χ2n) is 6.00. The van der Waals surface area contributed by atoms with E-state index in [2.05, 4.69) is 13.8 Å². The smallest absolute Gasteiger partial charge is 0.0519 e. The molecule has 0 aromatic carbocycles. The first-order chi connectivity index (χ1) is 7.23. The Balaban J connectivity index is 1.89. The molecule has 0 aliphatic heterocycles. The molecular formula is C14H26O. The van der Waals surface area contributed by atoms with Crippen LogP contribution in [-0.2, 0) is 4.74 Å². The van der Waals surface area contributed by atoms with Crippen LogP contribution < -0.4 is 0 Å². The summed E-state index contributed by atoms with van der Waals surface area (Å²) in [5, 5.41) is 0. The Labute approximate surface area is 94.6 Å². The van der Waals surface area contributed by atoms with Gasteiger partial charge in [-0.3, -0.25) is 0 Å². The molecule has 0 amide bonds. The molecular weight excluding hydrogens is 184 g/mol. The molecule has 15 heavy (non-hydrogen) atoms. The number of hydrogen-bond acceptors (Lipinski definition) is 1. The highest BCUT2D eigenvalue weighted by atomic mass is 16.5. The molecule has 2 rings (SSSR count). The Morgan fingerprint density at radius 2 is 1.87 bits per heavy atom. The topological polar surface area (TPSA) is 9.23 Å². The molecule has 88 valence electrons. The maximum absolute atomic E-state index is 5.66. The largest absolute Gasteiger partial charge is 0.381 e. The van der Waals surface area contributed by atoms with Crippen molar-refractivity contribution in [3.8, 4) is 0 Å². The van der Waals surface area contributed by atoms with Gasteiger partial charge in [0.15, 0.2) is 0 Å². The number of fused-ring (bicyclic) bond motifs is 1. The van der Waals surface area contributed by atoms with Crippen molar-refractivity contribution in [2.45, 2.75) is 58.8 Å². The van der Waals surface area contributed by atoms with E-state index >= 15 is 0 Å². The van der Waals surface area contributed by atoms with E-state index < -0.39 is 0 Å². The lowest BCUT2D eigenvalue weighted by atomic mass is 9.62. The molecule has 0 bridgehead atoms. The molecule has 2 fully saturated rings. The monoisotopic (exact) mass is 210 g/mol. The van der Waals surface area contributed by atoms with Crippen LogP contribution in [0.25, 0.3) is 0 Å². The Morgan fingerprint density at radius 3 is 2.60 bits per heavy atom. The van der Waals surface area contributed by atoms with Gasteiger partial charge in [0.2, 0.25) is 0 Å². The van der Waals surface area contributed by atoms with Crippen LogP contribution in [0.4, 0.5) is 0 Å². The molecule has 1 nitrogen and oxygen atoms in total. The van der Waals surface area contributed by atoms with Crippen LogP contribution in [-0.4, -0.2) is 13.2 Å². The van der Waals surface area contributed by atoms with Gasteiger partial charge in [0.05, 0.1) is 6.61 Å². The molecule has 0 radical (unpaired) electrons. The van der Waals surface area contributed by atoms with Gasteiger partial charge >= 0.3 is 0 Å². The van der Waals surface area contributed by atoms with Gasteiger partial charge in [-0.25, -0.2) is 0 Å². The molecule has 0 spiro atoms. The lowest BCUT2D eigenvalue weighted by molar-refractivity contribution is -0.00563. The summed E-state index contributed by atoms with van der Waals surface area (Å²) in [6.45, 7) is 6.42. The Bertz CT molecular complexity index is 202. The van der Waals surface area contributed by atoms with Crippen molar-refractivity contribution in [2.24, 2.45) is 17.3 Å². The molecule has 0 saturated heterocycles. The minimum Gasteiger partial charge on any atom is -0.381 e. The quantitative estimate of drug-likeness (QED) is 0.683. The Kier molecular flexibility index (Phi) is 3.71. The van der Waals surface area contributed by atoms with E-state index in [1.165, 1.54) is 44.9 Å². The third-order valence-electron chi connectivity index (χ3n) is 4.59. The first-order valence-corrected chi connectivity index (χ1v) is 6.81. The summed E-state index contributed by atoms with van der Waals surface area (Å²) in [7, 11) is 0.